The predicted octanol–water partition coefficient (Wildman–Crippen LogP) is 6.27. The number of H-pyrrole nitrogens is 1. The number of pyridine rings is 2. The number of rotatable bonds is 7. The van der Waals surface area contributed by atoms with Crippen molar-refractivity contribution in [3.8, 4) is 22.4 Å². The maximum Gasteiger partial charge on any atom is 0.504 e. The lowest BCUT2D eigenvalue weighted by Gasteiger charge is -2.34. The molecule has 47 heavy (non-hydrogen) atoms. The van der Waals surface area contributed by atoms with Crippen LogP contribution in [-0.4, -0.2) is 42.7 Å². The highest BCUT2D eigenvalue weighted by molar-refractivity contribution is 7.97. The monoisotopic (exact) mass is 681 g/mol. The molecule has 0 aliphatic heterocycles. The van der Waals surface area contributed by atoms with Crippen molar-refractivity contribution < 1.29 is 21.6 Å². The van der Waals surface area contributed by atoms with Crippen LogP contribution in [0, 0.1) is 0 Å². The molecule has 1 aliphatic rings. The van der Waals surface area contributed by atoms with E-state index < -0.39 is 26.6 Å². The summed E-state index contributed by atoms with van der Waals surface area (Å²) >= 11 is 1.71. The normalized spacial score (nSPS) is 17.2. The molecule has 0 spiro atoms. The number of benzene rings is 1. The van der Waals surface area contributed by atoms with Gasteiger partial charge in [-0.25, -0.2) is 12.4 Å². The number of aryl methyl sites for hydroxylation is 1. The first kappa shape index (κ1) is 32.4. The molecule has 1 aromatic carbocycles. The SMILES string of the molecule is CSCc1ccc(-c2cn(C)c(=O)cc2C2=CCC(C)(S(=O)(=O)n3c(-c4cnn(C(F)(F)F)c4)cc4cc[nH]c(=O)c43)C(C)=C2)cc1. The van der Waals surface area contributed by atoms with Crippen LogP contribution in [0.15, 0.2) is 94.6 Å². The number of nitrogens with zero attached hydrogens (tertiary/aromatic N) is 4. The Balaban J connectivity index is 1.47. The number of aromatic nitrogens is 5. The van der Waals surface area contributed by atoms with Gasteiger partial charge in [0.15, 0.2) is 0 Å². The Bertz CT molecular complexity index is 2330. The summed E-state index contributed by atoms with van der Waals surface area (Å²) in [6.45, 7) is 3.17. The molecule has 244 valence electrons. The molecule has 1 atom stereocenters. The van der Waals surface area contributed by atoms with Crippen LogP contribution in [-0.2, 0) is 29.1 Å². The zero-order valence-electron chi connectivity index (χ0n) is 25.8. The van der Waals surface area contributed by atoms with Crippen molar-refractivity contribution in [3.05, 3.63) is 117 Å². The van der Waals surface area contributed by atoms with Gasteiger partial charge in [-0.05, 0) is 66.5 Å². The van der Waals surface area contributed by atoms with Crippen LogP contribution in [0.25, 0.3) is 38.9 Å². The van der Waals surface area contributed by atoms with Crippen molar-refractivity contribution >= 4 is 38.3 Å². The maximum atomic E-state index is 14.7. The number of halogens is 3. The van der Waals surface area contributed by atoms with Crippen LogP contribution in [0.2, 0.25) is 0 Å². The summed E-state index contributed by atoms with van der Waals surface area (Å²) in [5.74, 6) is 0.857. The molecule has 0 saturated carbocycles. The van der Waals surface area contributed by atoms with Gasteiger partial charge in [0.2, 0.25) is 10.0 Å². The van der Waals surface area contributed by atoms with E-state index in [1.165, 1.54) is 35.9 Å². The number of alkyl halides is 3. The first-order chi connectivity index (χ1) is 22.2. The second-order valence-electron chi connectivity index (χ2n) is 11.7. The predicted molar refractivity (Wildman–Crippen MR) is 178 cm³/mol. The molecule has 0 saturated heterocycles. The molecular formula is C33H30F3N5O4S2. The molecule has 0 amide bonds. The minimum absolute atomic E-state index is 0.0417. The van der Waals surface area contributed by atoms with E-state index in [1.807, 2.05) is 30.5 Å². The Labute approximate surface area is 272 Å². The van der Waals surface area contributed by atoms with Crippen LogP contribution < -0.4 is 11.1 Å². The molecule has 1 unspecified atom stereocenters. The van der Waals surface area contributed by atoms with E-state index in [2.05, 4.69) is 10.1 Å². The molecule has 9 nitrogen and oxygen atoms in total. The van der Waals surface area contributed by atoms with Crippen LogP contribution >= 0.6 is 11.8 Å². The minimum Gasteiger partial charge on any atom is -0.327 e. The lowest BCUT2D eigenvalue weighted by atomic mass is 9.85. The third-order valence-corrected chi connectivity index (χ3v) is 11.8. The Morgan fingerprint density at radius 2 is 1.77 bits per heavy atom. The molecular weight excluding hydrogens is 652 g/mol. The van der Waals surface area contributed by atoms with Gasteiger partial charge >= 0.3 is 6.30 Å². The van der Waals surface area contributed by atoms with Gasteiger partial charge in [-0.15, -0.1) is 13.2 Å². The smallest absolute Gasteiger partial charge is 0.327 e. The Morgan fingerprint density at radius 3 is 2.40 bits per heavy atom. The molecule has 0 bridgehead atoms. The summed E-state index contributed by atoms with van der Waals surface area (Å²) in [6.07, 6.45) is 5.29. The number of hydrogen-bond donors (Lipinski definition) is 1. The lowest BCUT2D eigenvalue weighted by Crippen LogP contribution is -2.42. The summed E-state index contributed by atoms with van der Waals surface area (Å²) in [6, 6.07) is 12.4. The van der Waals surface area contributed by atoms with Crippen molar-refractivity contribution in [2.75, 3.05) is 6.26 Å². The quantitative estimate of drug-likeness (QED) is 0.217. The van der Waals surface area contributed by atoms with Gasteiger partial charge in [-0.2, -0.15) is 21.5 Å². The highest BCUT2D eigenvalue weighted by atomic mass is 32.2. The van der Waals surface area contributed by atoms with Crippen molar-refractivity contribution in [1.82, 2.24) is 23.3 Å². The largest absolute Gasteiger partial charge is 0.504 e. The summed E-state index contributed by atoms with van der Waals surface area (Å²) in [5, 5.41) is 3.61. The first-order valence-corrected chi connectivity index (χ1v) is 17.3. The summed E-state index contributed by atoms with van der Waals surface area (Å²) in [4.78, 5) is 28.4. The number of allylic oxidation sites excluding steroid dienone is 3. The second-order valence-corrected chi connectivity index (χ2v) is 14.7. The fourth-order valence-corrected chi connectivity index (χ4v) is 8.37. The highest BCUT2D eigenvalue weighted by Crippen LogP contribution is 2.43. The van der Waals surface area contributed by atoms with Crippen molar-refractivity contribution in [1.29, 1.82) is 0 Å². The van der Waals surface area contributed by atoms with Crippen molar-refractivity contribution in [3.63, 3.8) is 0 Å². The van der Waals surface area contributed by atoms with Crippen LogP contribution in [0.5, 0.6) is 0 Å². The molecule has 0 radical (unpaired) electrons. The number of aromatic amines is 1. The first-order valence-electron chi connectivity index (χ1n) is 14.4. The van der Waals surface area contributed by atoms with Gasteiger partial charge in [-0.3, -0.25) is 9.59 Å². The topological polar surface area (TPSA) is 112 Å². The van der Waals surface area contributed by atoms with Crippen molar-refractivity contribution in [2.45, 2.75) is 37.1 Å². The molecule has 4 heterocycles. The number of hydrogen-bond acceptors (Lipinski definition) is 6. The highest BCUT2D eigenvalue weighted by Gasteiger charge is 2.45. The van der Waals surface area contributed by atoms with E-state index in [0.717, 1.165) is 32.6 Å². The summed E-state index contributed by atoms with van der Waals surface area (Å²) < 4.78 is 70.1. The van der Waals surface area contributed by atoms with Crippen LogP contribution in [0.1, 0.15) is 31.4 Å². The van der Waals surface area contributed by atoms with Crippen LogP contribution in [0.4, 0.5) is 13.2 Å². The molecule has 5 aromatic rings. The van der Waals surface area contributed by atoms with Gasteiger partial charge in [0.25, 0.3) is 11.1 Å². The molecule has 0 fully saturated rings. The van der Waals surface area contributed by atoms with Crippen molar-refractivity contribution in [2.24, 2.45) is 7.05 Å². The van der Waals surface area contributed by atoms with E-state index in [-0.39, 0.29) is 38.8 Å². The molecule has 14 heteroatoms. The zero-order chi connectivity index (χ0) is 33.9. The third kappa shape index (κ3) is 5.48. The Hall–Kier alpha value is -4.56. The lowest BCUT2D eigenvalue weighted by molar-refractivity contribution is -0.212. The summed E-state index contributed by atoms with van der Waals surface area (Å²) in [7, 11) is -2.85. The molecule has 4 aromatic heterocycles. The van der Waals surface area contributed by atoms with E-state index in [4.69, 9.17) is 0 Å². The fraction of sp³-hybridized carbons (Fsp3) is 0.242. The van der Waals surface area contributed by atoms with Gasteiger partial charge in [0, 0.05) is 54.0 Å². The van der Waals surface area contributed by atoms with Gasteiger partial charge in [0.05, 0.1) is 11.9 Å². The second kappa shape index (κ2) is 11.6. The van der Waals surface area contributed by atoms with E-state index >= 15 is 0 Å². The Morgan fingerprint density at radius 1 is 1.04 bits per heavy atom. The number of fused-ring (bicyclic) bond motifs is 1. The van der Waals surface area contributed by atoms with Gasteiger partial charge < -0.3 is 9.55 Å². The third-order valence-electron chi connectivity index (χ3n) is 8.66. The standard InChI is InChI=1S/C33H30F3N5O4S2/c1-20-13-23(26-15-29(42)39(3)18-27(26)22-7-5-21(6-8-22)19-46-4)9-11-32(20,2)47(44,45)41-28(14-24-10-12-37-31(43)30(24)41)25-16-38-40(17-25)33(34,35)36/h5-10,12-18H,11,19H2,1-4H3,(H,37,43). The maximum absolute atomic E-state index is 14.7. The minimum atomic E-state index is -4.82. The van der Waals surface area contributed by atoms with Gasteiger partial charge in [-0.1, -0.05) is 36.4 Å². The average Bonchev–Trinajstić information content (AvgIpc) is 3.67. The number of thioether (sulfide) groups is 1. The van der Waals surface area contributed by atoms with Crippen LogP contribution in [0.3, 0.4) is 0 Å². The fourth-order valence-electron chi connectivity index (χ4n) is 5.84. The Kier molecular flexibility index (Phi) is 7.99. The molecule has 6 rings (SSSR count). The average molecular weight is 682 g/mol. The van der Waals surface area contributed by atoms with E-state index in [9.17, 15) is 31.2 Å². The van der Waals surface area contributed by atoms with E-state index in [1.54, 1.807) is 44.1 Å². The molecule has 1 N–H and O–H groups in total. The number of nitrogens with one attached hydrogen (secondary N) is 1. The van der Waals surface area contributed by atoms with Gasteiger partial charge in [0.1, 0.15) is 10.3 Å². The zero-order valence-corrected chi connectivity index (χ0v) is 27.4. The molecule has 1 aliphatic carbocycles. The summed E-state index contributed by atoms with van der Waals surface area (Å²) in [5.41, 5.74) is 3.10. The van der Waals surface area contributed by atoms with E-state index in [0.29, 0.717) is 22.9 Å².